The molecule has 0 heterocycles. The van der Waals surface area contributed by atoms with Crippen molar-refractivity contribution in [3.8, 4) is 6.07 Å². The van der Waals surface area contributed by atoms with E-state index < -0.39 is 15.7 Å². The molecule has 0 unspecified atom stereocenters. The molecule has 0 aliphatic heterocycles. The van der Waals surface area contributed by atoms with Gasteiger partial charge in [-0.25, -0.2) is 0 Å². The van der Waals surface area contributed by atoms with E-state index >= 15 is 0 Å². The highest BCUT2D eigenvalue weighted by atomic mass is 35.5. The van der Waals surface area contributed by atoms with Crippen LogP contribution in [0.2, 0.25) is 0 Å². The first-order chi connectivity index (χ1) is 8.39. The number of halogens is 2. The van der Waals surface area contributed by atoms with Crippen LogP contribution in [0.25, 0.3) is 0 Å². The predicted molar refractivity (Wildman–Crippen MR) is 68.1 cm³/mol. The fourth-order valence-corrected chi connectivity index (χ4v) is 2.29. The lowest BCUT2D eigenvalue weighted by Crippen LogP contribution is -2.21. The number of hydrogen-bond donors (Lipinski definition) is 0. The van der Waals surface area contributed by atoms with E-state index in [1.807, 2.05) is 6.07 Å². The van der Waals surface area contributed by atoms with Crippen LogP contribution in [0, 0.1) is 16.7 Å². The molecule has 1 atom stereocenters. The molecule has 1 aromatic carbocycles. The van der Waals surface area contributed by atoms with Crippen molar-refractivity contribution in [3.63, 3.8) is 0 Å². The molecule has 0 amide bonds. The van der Waals surface area contributed by atoms with Gasteiger partial charge in [-0.3, -0.25) is 4.79 Å². The summed E-state index contributed by atoms with van der Waals surface area (Å²) in [5.41, 5.74) is 0.587. The summed E-state index contributed by atoms with van der Waals surface area (Å²) in [5.74, 6) is -0.392. The Morgan fingerprint density at radius 2 is 2.00 bits per heavy atom. The molecule has 0 spiro atoms. The highest BCUT2D eigenvalue weighted by Crippen LogP contribution is 2.64. The number of rotatable bonds is 3. The Morgan fingerprint density at radius 3 is 2.44 bits per heavy atom. The summed E-state index contributed by atoms with van der Waals surface area (Å²) in [6, 6.07) is 8.86. The van der Waals surface area contributed by atoms with Gasteiger partial charge >= 0.3 is 5.97 Å². The summed E-state index contributed by atoms with van der Waals surface area (Å²) in [5, 5.41) is 8.65. The number of nitrogens with zero attached hydrogens (tertiary/aromatic N) is 1. The molecule has 0 bridgehead atoms. The van der Waals surface area contributed by atoms with Gasteiger partial charge in [-0.1, -0.05) is 12.1 Å². The number of ether oxygens (including phenoxy) is 1. The largest absolute Gasteiger partial charge is 0.460 e. The number of hydrogen-bond acceptors (Lipinski definition) is 3. The summed E-state index contributed by atoms with van der Waals surface area (Å²) in [6.45, 7) is 1.85. The third kappa shape index (κ3) is 2.31. The van der Waals surface area contributed by atoms with Crippen molar-refractivity contribution in [2.75, 3.05) is 0 Å². The van der Waals surface area contributed by atoms with E-state index in [2.05, 4.69) is 0 Å². The first-order valence-electron chi connectivity index (χ1n) is 5.43. The van der Waals surface area contributed by atoms with E-state index in [-0.39, 0.29) is 6.61 Å². The van der Waals surface area contributed by atoms with E-state index in [1.54, 1.807) is 31.2 Å². The molecule has 3 nitrogen and oxygen atoms in total. The molecule has 0 N–H and O–H groups in total. The average Bonchev–Trinajstić information content (AvgIpc) is 2.87. The minimum absolute atomic E-state index is 0.157. The predicted octanol–water partition coefficient (Wildman–Crippen LogP) is 3.19. The van der Waals surface area contributed by atoms with Gasteiger partial charge in [-0.2, -0.15) is 5.26 Å². The Kier molecular flexibility index (Phi) is 3.27. The summed E-state index contributed by atoms with van der Waals surface area (Å²) in [7, 11) is 0. The van der Waals surface area contributed by atoms with Crippen LogP contribution in [-0.2, 0) is 16.1 Å². The summed E-state index contributed by atoms with van der Waals surface area (Å²) >= 11 is 11.8. The van der Waals surface area contributed by atoms with Gasteiger partial charge in [0.15, 0.2) is 0 Å². The van der Waals surface area contributed by atoms with Crippen LogP contribution in [0.15, 0.2) is 24.3 Å². The maximum Gasteiger partial charge on any atom is 0.315 e. The zero-order chi connectivity index (χ0) is 13.4. The highest BCUT2D eigenvalue weighted by molar-refractivity contribution is 6.53. The van der Waals surface area contributed by atoms with Gasteiger partial charge in [-0.15, -0.1) is 23.2 Å². The van der Waals surface area contributed by atoms with E-state index in [4.69, 9.17) is 33.2 Å². The van der Waals surface area contributed by atoms with E-state index in [0.717, 1.165) is 5.56 Å². The highest BCUT2D eigenvalue weighted by Gasteiger charge is 2.69. The fraction of sp³-hybridized carbons (Fsp3) is 0.385. The van der Waals surface area contributed by atoms with Crippen molar-refractivity contribution in [1.82, 2.24) is 0 Å². The SMILES string of the molecule is C[C@]1(C(=O)OCc2ccc(C#N)cc2)CC1(Cl)Cl. The topological polar surface area (TPSA) is 50.1 Å². The van der Waals surface area contributed by atoms with E-state index in [1.165, 1.54) is 0 Å². The lowest BCUT2D eigenvalue weighted by atomic mass is 10.1. The zero-order valence-corrected chi connectivity index (χ0v) is 11.3. The molecule has 0 aromatic heterocycles. The number of esters is 1. The Balaban J connectivity index is 1.93. The first-order valence-corrected chi connectivity index (χ1v) is 6.19. The third-order valence-corrected chi connectivity index (χ3v) is 4.26. The summed E-state index contributed by atoms with van der Waals surface area (Å²) < 4.78 is 4.17. The van der Waals surface area contributed by atoms with Crippen LogP contribution in [0.5, 0.6) is 0 Å². The van der Waals surface area contributed by atoms with Gasteiger partial charge in [-0.05, 0) is 24.6 Å². The van der Waals surface area contributed by atoms with Crippen molar-refractivity contribution in [2.45, 2.75) is 24.3 Å². The Hall–Kier alpha value is -1.24. The Bertz CT molecular complexity index is 519. The number of carbonyl (C=O) groups excluding carboxylic acids is 1. The summed E-state index contributed by atoms with van der Waals surface area (Å²) in [6.07, 6.45) is 0.412. The Morgan fingerprint density at radius 1 is 1.44 bits per heavy atom. The molecular formula is C13H11Cl2NO2. The fourth-order valence-electron chi connectivity index (χ4n) is 1.61. The van der Waals surface area contributed by atoms with Crippen molar-refractivity contribution >= 4 is 29.2 Å². The summed E-state index contributed by atoms with van der Waals surface area (Å²) in [4.78, 5) is 11.8. The standard InChI is InChI=1S/C13H11Cl2NO2/c1-12(8-13(12,14)15)11(17)18-7-10-4-2-9(6-16)3-5-10/h2-5H,7-8H2,1H3/t12-/m1/s1. The maximum atomic E-state index is 11.8. The molecule has 5 heteroatoms. The van der Waals surface area contributed by atoms with Gasteiger partial charge in [0.1, 0.15) is 16.4 Å². The van der Waals surface area contributed by atoms with Crippen LogP contribution < -0.4 is 0 Å². The van der Waals surface area contributed by atoms with Crippen LogP contribution in [-0.4, -0.2) is 10.3 Å². The van der Waals surface area contributed by atoms with Crippen molar-refractivity contribution in [2.24, 2.45) is 5.41 Å². The number of nitriles is 1. The third-order valence-electron chi connectivity index (χ3n) is 3.16. The molecule has 0 saturated heterocycles. The minimum atomic E-state index is -1.01. The van der Waals surface area contributed by atoms with Gasteiger partial charge in [0.2, 0.25) is 0 Å². The molecule has 1 fully saturated rings. The maximum absolute atomic E-state index is 11.8. The normalized spacial score (nSPS) is 24.1. The second kappa shape index (κ2) is 4.46. The molecule has 0 radical (unpaired) electrons. The van der Waals surface area contributed by atoms with Crippen molar-refractivity contribution in [3.05, 3.63) is 35.4 Å². The number of carbonyl (C=O) groups is 1. The molecular weight excluding hydrogens is 273 g/mol. The van der Waals surface area contributed by atoms with E-state index in [9.17, 15) is 4.79 Å². The second-order valence-electron chi connectivity index (χ2n) is 4.60. The number of alkyl halides is 2. The molecule has 1 aromatic rings. The van der Waals surface area contributed by atoms with E-state index in [0.29, 0.717) is 12.0 Å². The van der Waals surface area contributed by atoms with Gasteiger partial charge in [0.05, 0.1) is 11.6 Å². The lowest BCUT2D eigenvalue weighted by Gasteiger charge is -2.11. The number of benzene rings is 1. The lowest BCUT2D eigenvalue weighted by molar-refractivity contribution is -0.150. The van der Waals surface area contributed by atoms with Crippen LogP contribution in [0.4, 0.5) is 0 Å². The molecule has 1 aliphatic carbocycles. The van der Waals surface area contributed by atoms with Gasteiger partial charge < -0.3 is 4.74 Å². The minimum Gasteiger partial charge on any atom is -0.460 e. The van der Waals surface area contributed by atoms with Crippen molar-refractivity contribution < 1.29 is 9.53 Å². The first kappa shape index (κ1) is 13.2. The van der Waals surface area contributed by atoms with Crippen LogP contribution in [0.1, 0.15) is 24.5 Å². The van der Waals surface area contributed by atoms with Crippen LogP contribution >= 0.6 is 23.2 Å². The second-order valence-corrected chi connectivity index (χ2v) is 6.08. The van der Waals surface area contributed by atoms with Crippen LogP contribution in [0.3, 0.4) is 0 Å². The molecule has 1 saturated carbocycles. The average molecular weight is 284 g/mol. The smallest absolute Gasteiger partial charge is 0.315 e. The van der Waals surface area contributed by atoms with Gasteiger partial charge in [0.25, 0.3) is 0 Å². The molecule has 94 valence electrons. The zero-order valence-electron chi connectivity index (χ0n) is 9.74. The molecule has 2 rings (SSSR count). The molecule has 1 aliphatic rings. The molecule has 18 heavy (non-hydrogen) atoms. The van der Waals surface area contributed by atoms with Crippen molar-refractivity contribution in [1.29, 1.82) is 5.26 Å². The monoisotopic (exact) mass is 283 g/mol. The quantitative estimate of drug-likeness (QED) is 0.632. The Labute approximate surface area is 115 Å². The van der Waals surface area contributed by atoms with Gasteiger partial charge in [0, 0.05) is 6.42 Å².